The van der Waals surface area contributed by atoms with E-state index in [1.807, 2.05) is 12.1 Å². The third-order valence-corrected chi connectivity index (χ3v) is 5.96. The zero-order valence-corrected chi connectivity index (χ0v) is 15.6. The topological polar surface area (TPSA) is 20.3 Å². The Kier molecular flexibility index (Phi) is 5.44. The van der Waals surface area contributed by atoms with E-state index in [2.05, 4.69) is 64.2 Å². The molecule has 0 radical (unpaired) electrons. The van der Waals surface area contributed by atoms with Gasteiger partial charge in [-0.1, -0.05) is 46.3 Å². The van der Waals surface area contributed by atoms with E-state index in [0.29, 0.717) is 5.75 Å². The minimum absolute atomic E-state index is 0.230. The van der Waals surface area contributed by atoms with Crippen molar-refractivity contribution in [2.24, 2.45) is 0 Å². The first kappa shape index (κ1) is 16.6. The fraction of sp³-hybridized carbons (Fsp3) is 0.316. The van der Waals surface area contributed by atoms with Gasteiger partial charge in [0.15, 0.2) is 0 Å². The van der Waals surface area contributed by atoms with E-state index >= 15 is 0 Å². The molecule has 120 valence electrons. The molecule has 0 spiro atoms. The second-order valence-electron chi connectivity index (χ2n) is 5.85. The third-order valence-electron chi connectivity index (χ3n) is 4.27. The number of hydrogen-bond donors (Lipinski definition) is 0. The van der Waals surface area contributed by atoms with Crippen LogP contribution in [0.15, 0.2) is 57.9 Å². The van der Waals surface area contributed by atoms with Gasteiger partial charge in [-0.25, -0.2) is 0 Å². The van der Waals surface area contributed by atoms with Crippen LogP contribution in [-0.2, 0) is 4.79 Å². The summed E-state index contributed by atoms with van der Waals surface area (Å²) < 4.78 is 1.08. The molecule has 3 rings (SSSR count). The molecule has 1 fully saturated rings. The smallest absolute Gasteiger partial charge is 0.233 e. The maximum Gasteiger partial charge on any atom is 0.233 e. The van der Waals surface area contributed by atoms with Crippen LogP contribution >= 0.6 is 27.7 Å². The van der Waals surface area contributed by atoms with Gasteiger partial charge in [-0.2, -0.15) is 0 Å². The molecule has 0 aliphatic carbocycles. The van der Waals surface area contributed by atoms with Crippen LogP contribution in [0.4, 0.5) is 0 Å². The van der Waals surface area contributed by atoms with Crippen molar-refractivity contribution in [3.05, 3.63) is 64.1 Å². The number of halogens is 1. The summed E-state index contributed by atoms with van der Waals surface area (Å²) in [5, 5.41) is 0. The lowest BCUT2D eigenvalue weighted by Gasteiger charge is -2.25. The molecule has 1 atom stereocenters. The molecule has 1 saturated heterocycles. The van der Waals surface area contributed by atoms with Gasteiger partial charge in [0, 0.05) is 15.9 Å². The molecule has 2 nitrogen and oxygen atoms in total. The highest BCUT2D eigenvalue weighted by atomic mass is 79.9. The van der Waals surface area contributed by atoms with Crippen molar-refractivity contribution in [2.45, 2.75) is 30.7 Å². The Morgan fingerprint density at radius 1 is 1.22 bits per heavy atom. The highest BCUT2D eigenvalue weighted by molar-refractivity contribution is 9.10. The number of nitrogens with zero attached hydrogens (tertiary/aromatic N) is 1. The second-order valence-corrected chi connectivity index (χ2v) is 7.78. The highest BCUT2D eigenvalue weighted by Gasteiger charge is 2.29. The Balaban J connectivity index is 1.66. The molecular formula is C19H20BrNOS. The fourth-order valence-corrected chi connectivity index (χ4v) is 4.22. The Morgan fingerprint density at radius 3 is 2.70 bits per heavy atom. The zero-order chi connectivity index (χ0) is 16.2. The number of aryl methyl sites for hydroxylation is 1. The van der Waals surface area contributed by atoms with Crippen LogP contribution in [0, 0.1) is 6.92 Å². The Labute approximate surface area is 150 Å². The van der Waals surface area contributed by atoms with Gasteiger partial charge < -0.3 is 4.90 Å². The monoisotopic (exact) mass is 389 g/mol. The van der Waals surface area contributed by atoms with Crippen LogP contribution < -0.4 is 0 Å². The van der Waals surface area contributed by atoms with Gasteiger partial charge >= 0.3 is 0 Å². The van der Waals surface area contributed by atoms with Crippen molar-refractivity contribution in [1.82, 2.24) is 4.90 Å². The lowest BCUT2D eigenvalue weighted by atomic mass is 10.0. The number of amides is 1. The summed E-state index contributed by atoms with van der Waals surface area (Å²) in [4.78, 5) is 15.9. The van der Waals surface area contributed by atoms with Crippen LogP contribution in [0.5, 0.6) is 0 Å². The molecule has 4 heteroatoms. The molecule has 2 aromatic carbocycles. The normalized spacial score (nSPS) is 17.5. The average Bonchev–Trinajstić information content (AvgIpc) is 3.04. The van der Waals surface area contributed by atoms with Crippen LogP contribution in [0.1, 0.15) is 30.0 Å². The summed E-state index contributed by atoms with van der Waals surface area (Å²) >= 11 is 5.11. The number of hydrogen-bond acceptors (Lipinski definition) is 2. The number of likely N-dealkylation sites (tertiary alicyclic amines) is 1. The molecule has 1 unspecified atom stereocenters. The van der Waals surface area contributed by atoms with E-state index in [9.17, 15) is 4.79 Å². The van der Waals surface area contributed by atoms with Crippen molar-refractivity contribution in [1.29, 1.82) is 0 Å². The standard InChI is InChI=1S/C19H20BrNOS/c1-14-5-2-3-7-18(14)23-13-19(22)21-12-4-6-17(21)15-8-10-16(20)11-9-15/h2-3,5,7-11,17H,4,6,12-13H2,1H3. The molecule has 0 N–H and O–H groups in total. The van der Waals surface area contributed by atoms with Gasteiger partial charge in [-0.3, -0.25) is 4.79 Å². The number of benzene rings is 2. The van der Waals surface area contributed by atoms with E-state index in [1.165, 1.54) is 16.0 Å². The minimum Gasteiger partial charge on any atom is -0.335 e. The number of thioether (sulfide) groups is 1. The van der Waals surface area contributed by atoms with E-state index in [4.69, 9.17) is 0 Å². The maximum atomic E-state index is 12.7. The first-order valence-corrected chi connectivity index (χ1v) is 9.66. The van der Waals surface area contributed by atoms with Crippen molar-refractivity contribution in [3.63, 3.8) is 0 Å². The molecule has 0 bridgehead atoms. The largest absolute Gasteiger partial charge is 0.335 e. The predicted octanol–water partition coefficient (Wildman–Crippen LogP) is 5.21. The number of carbonyl (C=O) groups excluding carboxylic acids is 1. The molecular weight excluding hydrogens is 370 g/mol. The molecule has 23 heavy (non-hydrogen) atoms. The van der Waals surface area contributed by atoms with Gasteiger partial charge in [0.05, 0.1) is 11.8 Å². The average molecular weight is 390 g/mol. The summed E-state index contributed by atoms with van der Waals surface area (Å²) in [5.74, 6) is 0.751. The summed E-state index contributed by atoms with van der Waals surface area (Å²) in [6, 6.07) is 16.8. The van der Waals surface area contributed by atoms with E-state index in [1.54, 1.807) is 11.8 Å². The summed E-state index contributed by atoms with van der Waals surface area (Å²) in [6.45, 7) is 2.96. The minimum atomic E-state index is 0.230. The first-order valence-electron chi connectivity index (χ1n) is 7.88. The van der Waals surface area contributed by atoms with Crippen LogP contribution in [0.3, 0.4) is 0 Å². The highest BCUT2D eigenvalue weighted by Crippen LogP contribution is 2.33. The second kappa shape index (κ2) is 7.54. The van der Waals surface area contributed by atoms with Gasteiger partial charge in [0.1, 0.15) is 0 Å². The molecule has 0 aromatic heterocycles. The molecule has 2 aromatic rings. The van der Waals surface area contributed by atoms with E-state index in [0.717, 1.165) is 23.9 Å². The predicted molar refractivity (Wildman–Crippen MR) is 99.7 cm³/mol. The summed E-state index contributed by atoms with van der Waals surface area (Å²) in [6.07, 6.45) is 2.14. The van der Waals surface area contributed by atoms with Crippen LogP contribution in [0.25, 0.3) is 0 Å². The van der Waals surface area contributed by atoms with Gasteiger partial charge in [0.2, 0.25) is 5.91 Å². The van der Waals surface area contributed by atoms with Crippen LogP contribution in [0.2, 0.25) is 0 Å². The van der Waals surface area contributed by atoms with Crippen LogP contribution in [-0.4, -0.2) is 23.1 Å². The quantitative estimate of drug-likeness (QED) is 0.668. The Hall–Kier alpha value is -1.26. The zero-order valence-electron chi connectivity index (χ0n) is 13.2. The Bertz CT molecular complexity index is 686. The molecule has 0 saturated carbocycles. The van der Waals surface area contributed by atoms with E-state index < -0.39 is 0 Å². The third kappa shape index (κ3) is 3.99. The summed E-state index contributed by atoms with van der Waals surface area (Å²) in [5.41, 5.74) is 2.47. The first-order chi connectivity index (χ1) is 11.1. The lowest BCUT2D eigenvalue weighted by molar-refractivity contribution is -0.129. The van der Waals surface area contributed by atoms with Crippen molar-refractivity contribution < 1.29 is 4.79 Å². The van der Waals surface area contributed by atoms with Gasteiger partial charge in [-0.05, 0) is 49.1 Å². The van der Waals surface area contributed by atoms with E-state index in [-0.39, 0.29) is 11.9 Å². The van der Waals surface area contributed by atoms with Crippen molar-refractivity contribution in [3.8, 4) is 0 Å². The Morgan fingerprint density at radius 2 is 1.96 bits per heavy atom. The van der Waals surface area contributed by atoms with Crippen molar-refractivity contribution in [2.75, 3.05) is 12.3 Å². The maximum absolute atomic E-state index is 12.7. The molecule has 1 aliphatic rings. The number of carbonyl (C=O) groups is 1. The lowest BCUT2D eigenvalue weighted by Crippen LogP contribution is -2.31. The number of rotatable bonds is 4. The van der Waals surface area contributed by atoms with Gasteiger partial charge in [0.25, 0.3) is 0 Å². The van der Waals surface area contributed by atoms with Crippen molar-refractivity contribution >= 4 is 33.6 Å². The summed E-state index contributed by atoms with van der Waals surface area (Å²) in [7, 11) is 0. The molecule has 1 heterocycles. The molecule has 1 amide bonds. The SMILES string of the molecule is Cc1ccccc1SCC(=O)N1CCCC1c1ccc(Br)cc1. The van der Waals surface area contributed by atoms with Gasteiger partial charge in [-0.15, -0.1) is 11.8 Å². The molecule has 1 aliphatic heterocycles. The fourth-order valence-electron chi connectivity index (χ4n) is 3.04.